The first kappa shape index (κ1) is 21.0. The minimum Gasteiger partial charge on any atom is -0.479 e. The maximum atomic E-state index is 13.5. The fraction of sp³-hybridized carbons (Fsp3) is 0.263. The number of halogens is 3. The van der Waals surface area contributed by atoms with Crippen molar-refractivity contribution in [1.82, 2.24) is 10.6 Å². The first-order chi connectivity index (χ1) is 12.8. The molecule has 0 spiro atoms. The highest BCUT2D eigenvalue weighted by molar-refractivity contribution is 6.42. The summed E-state index contributed by atoms with van der Waals surface area (Å²) in [5.74, 6) is -0.928. The van der Waals surface area contributed by atoms with Gasteiger partial charge in [0.15, 0.2) is 6.10 Å². The number of nitrogens with one attached hydrogen (secondary N) is 2. The SMILES string of the molecule is Cc1ccc(C(=O)NCCNC(=O)C(C)Oc2cccc(Cl)c2Cl)cc1F. The highest BCUT2D eigenvalue weighted by Gasteiger charge is 2.16. The molecule has 0 aliphatic rings. The van der Waals surface area contributed by atoms with Crippen LogP contribution < -0.4 is 15.4 Å². The molecule has 1 atom stereocenters. The van der Waals surface area contributed by atoms with Gasteiger partial charge in [0.2, 0.25) is 0 Å². The van der Waals surface area contributed by atoms with E-state index in [0.717, 1.165) is 0 Å². The van der Waals surface area contributed by atoms with Crippen molar-refractivity contribution in [2.75, 3.05) is 13.1 Å². The molecule has 8 heteroatoms. The van der Waals surface area contributed by atoms with Crippen molar-refractivity contribution in [3.8, 4) is 5.75 Å². The Hall–Kier alpha value is -2.31. The second-order valence-corrected chi connectivity index (χ2v) is 6.61. The van der Waals surface area contributed by atoms with Gasteiger partial charge < -0.3 is 15.4 Å². The van der Waals surface area contributed by atoms with Crippen molar-refractivity contribution in [3.05, 3.63) is 63.4 Å². The van der Waals surface area contributed by atoms with Gasteiger partial charge in [-0.05, 0) is 43.7 Å². The number of benzene rings is 2. The first-order valence-electron chi connectivity index (χ1n) is 8.22. The van der Waals surface area contributed by atoms with Crippen LogP contribution >= 0.6 is 23.2 Å². The molecule has 0 heterocycles. The molecule has 0 aliphatic heterocycles. The summed E-state index contributed by atoms with van der Waals surface area (Å²) < 4.78 is 19.0. The monoisotopic (exact) mass is 412 g/mol. The normalized spacial score (nSPS) is 11.6. The summed E-state index contributed by atoms with van der Waals surface area (Å²) in [6.07, 6.45) is -0.803. The fourth-order valence-corrected chi connectivity index (χ4v) is 2.50. The molecule has 2 aromatic carbocycles. The average molecular weight is 413 g/mol. The summed E-state index contributed by atoms with van der Waals surface area (Å²) in [7, 11) is 0. The molecule has 2 N–H and O–H groups in total. The van der Waals surface area contributed by atoms with Crippen LogP contribution in [0.1, 0.15) is 22.8 Å². The molecule has 0 radical (unpaired) electrons. The van der Waals surface area contributed by atoms with Gasteiger partial charge in [0.25, 0.3) is 11.8 Å². The van der Waals surface area contributed by atoms with Gasteiger partial charge in [-0.25, -0.2) is 4.39 Å². The van der Waals surface area contributed by atoms with E-state index >= 15 is 0 Å². The lowest BCUT2D eigenvalue weighted by Gasteiger charge is -2.16. The van der Waals surface area contributed by atoms with Crippen molar-refractivity contribution in [1.29, 1.82) is 0 Å². The zero-order chi connectivity index (χ0) is 20.0. The molecule has 2 amide bonds. The van der Waals surface area contributed by atoms with E-state index in [0.29, 0.717) is 16.3 Å². The summed E-state index contributed by atoms with van der Waals surface area (Å²) >= 11 is 11.9. The molecular formula is C19H19Cl2FN2O3. The summed E-state index contributed by atoms with van der Waals surface area (Å²) in [6, 6.07) is 9.14. The largest absolute Gasteiger partial charge is 0.479 e. The molecule has 0 saturated heterocycles. The van der Waals surface area contributed by atoms with Gasteiger partial charge in [-0.15, -0.1) is 0 Å². The first-order valence-corrected chi connectivity index (χ1v) is 8.98. The van der Waals surface area contributed by atoms with Gasteiger partial charge in [0.05, 0.1) is 5.02 Å². The fourth-order valence-electron chi connectivity index (χ4n) is 2.16. The van der Waals surface area contributed by atoms with Gasteiger partial charge in [-0.3, -0.25) is 9.59 Å². The molecule has 0 aliphatic carbocycles. The van der Waals surface area contributed by atoms with Crippen molar-refractivity contribution in [2.24, 2.45) is 0 Å². The molecule has 2 aromatic rings. The van der Waals surface area contributed by atoms with Crippen LogP contribution in [-0.2, 0) is 4.79 Å². The van der Waals surface area contributed by atoms with E-state index in [1.807, 2.05) is 0 Å². The van der Waals surface area contributed by atoms with Gasteiger partial charge in [0.1, 0.15) is 16.6 Å². The van der Waals surface area contributed by atoms with Crippen LogP contribution in [0.2, 0.25) is 10.0 Å². The number of hydrogen-bond acceptors (Lipinski definition) is 3. The average Bonchev–Trinajstić information content (AvgIpc) is 2.64. The maximum absolute atomic E-state index is 13.5. The molecule has 0 aromatic heterocycles. The minimum atomic E-state index is -0.803. The van der Waals surface area contributed by atoms with E-state index in [1.165, 1.54) is 18.2 Å². The number of carbonyl (C=O) groups is 2. The zero-order valence-corrected chi connectivity index (χ0v) is 16.3. The van der Waals surface area contributed by atoms with Crippen molar-refractivity contribution in [3.63, 3.8) is 0 Å². The van der Waals surface area contributed by atoms with Gasteiger partial charge in [-0.2, -0.15) is 0 Å². The van der Waals surface area contributed by atoms with Crippen molar-refractivity contribution in [2.45, 2.75) is 20.0 Å². The lowest BCUT2D eigenvalue weighted by atomic mass is 10.1. The molecular weight excluding hydrogens is 394 g/mol. The Kier molecular flexibility index (Phi) is 7.45. The van der Waals surface area contributed by atoms with E-state index < -0.39 is 17.8 Å². The summed E-state index contributed by atoms with van der Waals surface area (Å²) in [4.78, 5) is 24.0. The van der Waals surface area contributed by atoms with Crippen LogP contribution in [0.15, 0.2) is 36.4 Å². The molecule has 1 unspecified atom stereocenters. The summed E-state index contributed by atoms with van der Waals surface area (Å²) in [6.45, 7) is 3.56. The molecule has 0 bridgehead atoms. The Balaban J connectivity index is 1.77. The molecule has 144 valence electrons. The third-order valence-electron chi connectivity index (χ3n) is 3.73. The number of rotatable bonds is 7. The lowest BCUT2D eigenvalue weighted by molar-refractivity contribution is -0.127. The van der Waals surface area contributed by atoms with Crippen LogP contribution in [0.25, 0.3) is 0 Å². The van der Waals surface area contributed by atoms with Crippen molar-refractivity contribution < 1.29 is 18.7 Å². The van der Waals surface area contributed by atoms with Crippen LogP contribution in [0.4, 0.5) is 4.39 Å². The quantitative estimate of drug-likeness (QED) is 0.680. The van der Waals surface area contributed by atoms with Gasteiger partial charge >= 0.3 is 0 Å². The zero-order valence-electron chi connectivity index (χ0n) is 14.8. The molecule has 0 fully saturated rings. The van der Waals surface area contributed by atoms with E-state index in [2.05, 4.69) is 10.6 Å². The Morgan fingerprint density at radius 2 is 1.85 bits per heavy atom. The topological polar surface area (TPSA) is 67.4 Å². The smallest absolute Gasteiger partial charge is 0.260 e. The highest BCUT2D eigenvalue weighted by atomic mass is 35.5. The third kappa shape index (κ3) is 5.84. The van der Waals surface area contributed by atoms with Crippen LogP contribution in [-0.4, -0.2) is 31.0 Å². The third-order valence-corrected chi connectivity index (χ3v) is 4.53. The maximum Gasteiger partial charge on any atom is 0.260 e. The van der Waals surface area contributed by atoms with Gasteiger partial charge in [0, 0.05) is 18.7 Å². The van der Waals surface area contributed by atoms with Crippen molar-refractivity contribution >= 4 is 35.0 Å². The predicted octanol–water partition coefficient (Wildman–Crippen LogP) is 3.75. The number of carbonyl (C=O) groups excluding carboxylic acids is 2. The van der Waals surface area contributed by atoms with Crippen LogP contribution in [0.3, 0.4) is 0 Å². The van der Waals surface area contributed by atoms with Crippen LogP contribution in [0.5, 0.6) is 5.75 Å². The Bertz CT molecular complexity index is 846. The molecule has 0 saturated carbocycles. The Morgan fingerprint density at radius 3 is 2.56 bits per heavy atom. The number of hydrogen-bond donors (Lipinski definition) is 2. The standard InChI is InChI=1S/C19H19Cl2FN2O3/c1-11-6-7-13(10-15(11)22)19(26)24-9-8-23-18(25)12(2)27-16-5-3-4-14(20)17(16)21/h3-7,10,12H,8-9H2,1-2H3,(H,23,25)(H,24,26). The molecule has 27 heavy (non-hydrogen) atoms. The summed E-state index contributed by atoms with van der Waals surface area (Å²) in [5, 5.41) is 5.81. The second kappa shape index (κ2) is 9.58. The van der Waals surface area contributed by atoms with E-state index in [9.17, 15) is 14.0 Å². The highest BCUT2D eigenvalue weighted by Crippen LogP contribution is 2.32. The Labute approximate surface area is 166 Å². The predicted molar refractivity (Wildman–Crippen MR) is 103 cm³/mol. The second-order valence-electron chi connectivity index (χ2n) is 5.82. The minimum absolute atomic E-state index is 0.185. The van der Waals surface area contributed by atoms with E-state index in [-0.39, 0.29) is 29.6 Å². The van der Waals surface area contributed by atoms with Gasteiger partial charge in [-0.1, -0.05) is 35.3 Å². The number of aryl methyl sites for hydroxylation is 1. The molecule has 2 rings (SSSR count). The number of amides is 2. The van der Waals surface area contributed by atoms with E-state index in [4.69, 9.17) is 27.9 Å². The number of ether oxygens (including phenoxy) is 1. The van der Waals surface area contributed by atoms with E-state index in [1.54, 1.807) is 32.0 Å². The Morgan fingerprint density at radius 1 is 1.15 bits per heavy atom. The molecule has 5 nitrogen and oxygen atoms in total. The van der Waals surface area contributed by atoms with Crippen LogP contribution in [0, 0.1) is 12.7 Å². The lowest BCUT2D eigenvalue weighted by Crippen LogP contribution is -2.40. The summed E-state index contributed by atoms with van der Waals surface area (Å²) in [5.41, 5.74) is 0.685.